The van der Waals surface area contributed by atoms with E-state index in [0.29, 0.717) is 16.9 Å². The molecule has 3 heterocycles. The van der Waals surface area contributed by atoms with Gasteiger partial charge in [0.05, 0.1) is 6.54 Å². The van der Waals surface area contributed by atoms with Gasteiger partial charge in [-0.1, -0.05) is 42.5 Å². The molecule has 0 aliphatic carbocycles. The summed E-state index contributed by atoms with van der Waals surface area (Å²) in [6, 6.07) is 14.0. The molecule has 7 heteroatoms. The summed E-state index contributed by atoms with van der Waals surface area (Å²) in [7, 11) is 1.68. The molecule has 0 radical (unpaired) electrons. The molecule has 0 fully saturated rings. The van der Waals surface area contributed by atoms with Gasteiger partial charge in [-0.3, -0.25) is 18.3 Å². The summed E-state index contributed by atoms with van der Waals surface area (Å²) in [6.07, 6.45) is 0. The van der Waals surface area contributed by atoms with Crippen LogP contribution in [-0.2, 0) is 20.1 Å². The summed E-state index contributed by atoms with van der Waals surface area (Å²) in [5, 5.41) is 2.12. The first-order chi connectivity index (χ1) is 14.4. The van der Waals surface area contributed by atoms with Gasteiger partial charge in [-0.15, -0.1) is 0 Å². The van der Waals surface area contributed by atoms with E-state index in [2.05, 4.69) is 9.55 Å². The van der Waals surface area contributed by atoms with E-state index in [9.17, 15) is 9.59 Å². The van der Waals surface area contributed by atoms with Crippen molar-refractivity contribution in [1.82, 2.24) is 23.1 Å². The number of rotatable bonds is 3. The van der Waals surface area contributed by atoms with Gasteiger partial charge in [0.1, 0.15) is 0 Å². The molecule has 2 aromatic carbocycles. The van der Waals surface area contributed by atoms with Crippen LogP contribution in [0.2, 0.25) is 0 Å². The van der Waals surface area contributed by atoms with Crippen LogP contribution >= 0.6 is 0 Å². The van der Waals surface area contributed by atoms with Gasteiger partial charge in [0.2, 0.25) is 5.78 Å². The molecule has 0 N–H and O–H groups in total. The number of benzene rings is 2. The Morgan fingerprint density at radius 2 is 1.67 bits per heavy atom. The molecular weight excluding hydrogens is 378 g/mol. The van der Waals surface area contributed by atoms with E-state index >= 15 is 0 Å². The maximum absolute atomic E-state index is 13.6. The second kappa shape index (κ2) is 6.45. The SMILES string of the molecule is CCn1c(C)c(C)n2c3c(=O)n(Cc4cccc5ccccc45)c(=O)n(C)c3nc12. The molecule has 0 aliphatic heterocycles. The lowest BCUT2D eigenvalue weighted by Crippen LogP contribution is -2.39. The minimum Gasteiger partial charge on any atom is -0.314 e. The van der Waals surface area contributed by atoms with Crippen LogP contribution in [0.4, 0.5) is 0 Å². The minimum absolute atomic E-state index is 0.211. The van der Waals surface area contributed by atoms with Gasteiger partial charge < -0.3 is 4.57 Å². The predicted octanol–water partition coefficient (Wildman–Crippen LogP) is 2.99. The zero-order chi connectivity index (χ0) is 21.2. The lowest BCUT2D eigenvalue weighted by atomic mass is 10.0. The maximum atomic E-state index is 13.6. The molecule has 0 spiro atoms. The Morgan fingerprint density at radius 3 is 2.43 bits per heavy atom. The number of imidazole rings is 2. The van der Waals surface area contributed by atoms with Crippen LogP contribution in [0.5, 0.6) is 0 Å². The van der Waals surface area contributed by atoms with Crippen LogP contribution < -0.4 is 11.2 Å². The Bertz CT molecular complexity index is 1570. The fourth-order valence-electron chi connectivity index (χ4n) is 4.43. The molecule has 5 aromatic rings. The van der Waals surface area contributed by atoms with E-state index in [-0.39, 0.29) is 17.8 Å². The molecule has 0 saturated heterocycles. The van der Waals surface area contributed by atoms with Crippen molar-refractivity contribution in [3.8, 4) is 0 Å². The van der Waals surface area contributed by atoms with Crippen molar-refractivity contribution in [3.63, 3.8) is 0 Å². The highest BCUT2D eigenvalue weighted by molar-refractivity contribution is 5.85. The highest BCUT2D eigenvalue weighted by Crippen LogP contribution is 2.21. The molecule has 30 heavy (non-hydrogen) atoms. The quantitative estimate of drug-likeness (QED) is 0.467. The second-order valence-electron chi connectivity index (χ2n) is 7.71. The molecule has 0 amide bonds. The lowest BCUT2D eigenvalue weighted by molar-refractivity contribution is 0.658. The Kier molecular flexibility index (Phi) is 3.96. The van der Waals surface area contributed by atoms with Gasteiger partial charge in [0.15, 0.2) is 11.2 Å². The zero-order valence-electron chi connectivity index (χ0n) is 17.5. The first-order valence-electron chi connectivity index (χ1n) is 10.1. The Labute approximate surface area is 172 Å². The van der Waals surface area contributed by atoms with Crippen LogP contribution in [0.1, 0.15) is 23.9 Å². The van der Waals surface area contributed by atoms with Gasteiger partial charge in [0.25, 0.3) is 5.56 Å². The van der Waals surface area contributed by atoms with Gasteiger partial charge in [-0.05, 0) is 37.1 Å². The van der Waals surface area contributed by atoms with Gasteiger partial charge in [-0.25, -0.2) is 4.79 Å². The summed E-state index contributed by atoms with van der Waals surface area (Å²) in [5.74, 6) is 0.692. The van der Waals surface area contributed by atoms with Crippen molar-refractivity contribution < 1.29 is 0 Å². The normalized spacial score (nSPS) is 11.9. The maximum Gasteiger partial charge on any atom is 0.332 e. The van der Waals surface area contributed by atoms with Crippen LogP contribution in [-0.4, -0.2) is 23.1 Å². The summed E-state index contributed by atoms with van der Waals surface area (Å²) in [5.41, 5.74) is 3.15. The van der Waals surface area contributed by atoms with Crippen LogP contribution in [0, 0.1) is 13.8 Å². The average molecular weight is 401 g/mol. The highest BCUT2D eigenvalue weighted by Gasteiger charge is 2.22. The summed E-state index contributed by atoms with van der Waals surface area (Å²) >= 11 is 0. The third-order valence-corrected chi connectivity index (χ3v) is 6.15. The largest absolute Gasteiger partial charge is 0.332 e. The standard InChI is InChI=1S/C23H23N5O2/c1-5-26-14(2)15(3)28-19-20(24-22(26)28)25(4)23(30)27(21(19)29)13-17-11-8-10-16-9-6-7-12-18(16)17/h6-12H,5,13H2,1-4H3. The number of aromatic nitrogens is 5. The third-order valence-electron chi connectivity index (χ3n) is 6.15. The number of fused-ring (bicyclic) bond motifs is 4. The van der Waals surface area contributed by atoms with Crippen molar-refractivity contribution in [1.29, 1.82) is 0 Å². The molecule has 0 unspecified atom stereocenters. The highest BCUT2D eigenvalue weighted by atomic mass is 16.2. The van der Waals surface area contributed by atoms with E-state index in [0.717, 1.165) is 34.3 Å². The number of nitrogens with zero attached hydrogens (tertiary/aromatic N) is 5. The van der Waals surface area contributed by atoms with Crippen LogP contribution in [0.15, 0.2) is 52.1 Å². The minimum atomic E-state index is -0.362. The lowest BCUT2D eigenvalue weighted by Gasteiger charge is -2.11. The Hall–Kier alpha value is -3.61. The topological polar surface area (TPSA) is 66.2 Å². The fourth-order valence-corrected chi connectivity index (χ4v) is 4.43. The van der Waals surface area contributed by atoms with Crippen molar-refractivity contribution in [2.75, 3.05) is 0 Å². The number of hydrogen-bond donors (Lipinski definition) is 0. The fraction of sp³-hybridized carbons (Fsp3) is 0.261. The molecule has 0 atom stereocenters. The molecule has 0 saturated carbocycles. The number of hydrogen-bond acceptors (Lipinski definition) is 3. The molecule has 3 aromatic heterocycles. The van der Waals surface area contributed by atoms with E-state index in [4.69, 9.17) is 0 Å². The summed E-state index contributed by atoms with van der Waals surface area (Å²) in [4.78, 5) is 31.3. The molecule has 152 valence electrons. The van der Waals surface area contributed by atoms with E-state index < -0.39 is 0 Å². The van der Waals surface area contributed by atoms with Crippen LogP contribution in [0.25, 0.3) is 27.7 Å². The van der Waals surface area contributed by atoms with E-state index in [1.165, 1.54) is 9.13 Å². The molecule has 0 aliphatic rings. The third kappa shape index (κ3) is 2.35. The molecule has 5 rings (SSSR count). The van der Waals surface area contributed by atoms with Gasteiger partial charge in [-0.2, -0.15) is 4.98 Å². The zero-order valence-corrected chi connectivity index (χ0v) is 17.5. The molecule has 7 nitrogen and oxygen atoms in total. The second-order valence-corrected chi connectivity index (χ2v) is 7.71. The first kappa shape index (κ1) is 18.4. The van der Waals surface area contributed by atoms with E-state index in [1.54, 1.807) is 7.05 Å². The van der Waals surface area contributed by atoms with Crippen molar-refractivity contribution >= 4 is 27.7 Å². The molecular formula is C23H23N5O2. The van der Waals surface area contributed by atoms with Crippen molar-refractivity contribution in [3.05, 3.63) is 80.3 Å². The Balaban J connectivity index is 1.84. The van der Waals surface area contributed by atoms with Crippen molar-refractivity contribution in [2.24, 2.45) is 7.05 Å². The monoisotopic (exact) mass is 401 g/mol. The van der Waals surface area contributed by atoms with Crippen molar-refractivity contribution in [2.45, 2.75) is 33.9 Å². The Morgan fingerprint density at radius 1 is 0.933 bits per heavy atom. The van der Waals surface area contributed by atoms with Gasteiger partial charge >= 0.3 is 5.69 Å². The smallest absolute Gasteiger partial charge is 0.314 e. The predicted molar refractivity (Wildman–Crippen MR) is 118 cm³/mol. The summed E-state index contributed by atoms with van der Waals surface area (Å²) in [6.45, 7) is 7.00. The molecule has 0 bridgehead atoms. The summed E-state index contributed by atoms with van der Waals surface area (Å²) < 4.78 is 6.74. The number of aryl methyl sites for hydroxylation is 3. The van der Waals surface area contributed by atoms with Gasteiger partial charge in [0, 0.05) is 25.0 Å². The first-order valence-corrected chi connectivity index (χ1v) is 10.1. The van der Waals surface area contributed by atoms with E-state index in [1.807, 2.05) is 67.6 Å². The van der Waals surface area contributed by atoms with Crippen LogP contribution in [0.3, 0.4) is 0 Å². The average Bonchev–Trinajstić information content (AvgIpc) is 3.25.